The van der Waals surface area contributed by atoms with Gasteiger partial charge in [-0.15, -0.1) is 0 Å². The highest BCUT2D eigenvalue weighted by molar-refractivity contribution is 7.89. The van der Waals surface area contributed by atoms with Crippen LogP contribution in [0.5, 0.6) is 0 Å². The van der Waals surface area contributed by atoms with Crippen molar-refractivity contribution in [2.75, 3.05) is 7.05 Å². The van der Waals surface area contributed by atoms with Crippen molar-refractivity contribution in [2.24, 2.45) is 0 Å². The number of rotatable bonds is 2. The van der Waals surface area contributed by atoms with Crippen LogP contribution in [-0.2, 0) is 10.0 Å². The van der Waals surface area contributed by atoms with Gasteiger partial charge in [-0.3, -0.25) is 0 Å². The summed E-state index contributed by atoms with van der Waals surface area (Å²) in [5.41, 5.74) is 0. The molecule has 0 N–H and O–H groups in total. The summed E-state index contributed by atoms with van der Waals surface area (Å²) in [5, 5.41) is 0. The molecule has 0 bridgehead atoms. The van der Waals surface area contributed by atoms with Crippen LogP contribution in [0.1, 0.15) is 0 Å². The maximum absolute atomic E-state index is 11.4. The summed E-state index contributed by atoms with van der Waals surface area (Å²) >= 11 is 0. The molecule has 1 rings (SSSR count). The molecule has 65 valence electrons. The lowest BCUT2D eigenvalue weighted by atomic mass is 10.4. The Morgan fingerprint density at radius 2 is 1.75 bits per heavy atom. The van der Waals surface area contributed by atoms with Crippen LogP contribution in [0.25, 0.3) is 0 Å². The van der Waals surface area contributed by atoms with Gasteiger partial charge < -0.3 is 0 Å². The zero-order chi connectivity index (χ0) is 9.19. The van der Waals surface area contributed by atoms with E-state index in [2.05, 4.69) is 7.05 Å². The van der Waals surface area contributed by atoms with Crippen LogP contribution in [0.3, 0.4) is 0 Å². The third kappa shape index (κ3) is 1.65. The first kappa shape index (κ1) is 9.22. The molecule has 0 saturated carbocycles. The Morgan fingerprint density at radius 1 is 1.25 bits per heavy atom. The van der Waals surface area contributed by atoms with Crippen LogP contribution < -0.4 is 0 Å². The van der Waals surface area contributed by atoms with Gasteiger partial charge in [-0.25, -0.2) is 8.42 Å². The average Bonchev–Trinajstić information content (AvgIpc) is 2.06. The summed E-state index contributed by atoms with van der Waals surface area (Å²) in [6.07, 6.45) is 0. The Balaban J connectivity index is 3.17. The van der Waals surface area contributed by atoms with Gasteiger partial charge in [0.05, 0.1) is 4.90 Å². The second-order valence-electron chi connectivity index (χ2n) is 2.42. The molecule has 0 aliphatic rings. The topological polar surface area (TPSA) is 37.4 Å². The van der Waals surface area contributed by atoms with E-state index in [1.165, 1.54) is 19.2 Å². The summed E-state index contributed by atoms with van der Waals surface area (Å²) in [6.45, 7) is 0. The van der Waals surface area contributed by atoms with Crippen molar-refractivity contribution in [1.82, 2.24) is 4.31 Å². The molecule has 0 aromatic heterocycles. The molecule has 0 amide bonds. The van der Waals surface area contributed by atoms with Crippen LogP contribution in [0.4, 0.5) is 0 Å². The quantitative estimate of drug-likeness (QED) is 0.690. The Bertz CT molecular complexity index is 343. The summed E-state index contributed by atoms with van der Waals surface area (Å²) in [7, 11) is 1.38. The van der Waals surface area contributed by atoms with Crippen molar-refractivity contribution in [2.45, 2.75) is 4.90 Å². The molecule has 1 radical (unpaired) electrons. The van der Waals surface area contributed by atoms with E-state index < -0.39 is 10.0 Å². The summed E-state index contributed by atoms with van der Waals surface area (Å²) in [4.78, 5) is 0.266. The number of sulfonamides is 1. The van der Waals surface area contributed by atoms with Crippen LogP contribution in [0.2, 0.25) is 0 Å². The Morgan fingerprint density at radius 3 is 2.17 bits per heavy atom. The Kier molecular flexibility index (Phi) is 2.49. The lowest BCUT2D eigenvalue weighted by Crippen LogP contribution is -2.19. The first-order valence-corrected chi connectivity index (χ1v) is 4.83. The highest BCUT2D eigenvalue weighted by Crippen LogP contribution is 2.11. The normalized spacial score (nSPS) is 11.9. The van der Waals surface area contributed by atoms with Gasteiger partial charge in [0.1, 0.15) is 0 Å². The molecule has 4 heteroatoms. The zero-order valence-corrected chi connectivity index (χ0v) is 7.58. The second-order valence-corrected chi connectivity index (χ2v) is 4.46. The summed E-state index contributed by atoms with van der Waals surface area (Å²) in [6, 6.07) is 8.20. The van der Waals surface area contributed by atoms with Gasteiger partial charge >= 0.3 is 0 Å². The molecule has 3 nitrogen and oxygen atoms in total. The van der Waals surface area contributed by atoms with E-state index in [-0.39, 0.29) is 4.90 Å². The van der Waals surface area contributed by atoms with Crippen molar-refractivity contribution >= 4 is 10.0 Å². The predicted molar refractivity (Wildman–Crippen MR) is 46.7 cm³/mol. The van der Waals surface area contributed by atoms with E-state index in [0.717, 1.165) is 4.31 Å². The highest BCUT2D eigenvalue weighted by atomic mass is 32.2. The van der Waals surface area contributed by atoms with Crippen LogP contribution >= 0.6 is 0 Å². The Hall–Kier alpha value is -0.870. The van der Waals surface area contributed by atoms with Gasteiger partial charge in [-0.2, -0.15) is 4.31 Å². The molecule has 1 aromatic rings. The molecule has 0 saturated heterocycles. The fraction of sp³-hybridized carbons (Fsp3) is 0.125. The van der Waals surface area contributed by atoms with E-state index in [1.807, 2.05) is 0 Å². The predicted octanol–water partition coefficient (Wildman–Crippen LogP) is 1.10. The van der Waals surface area contributed by atoms with E-state index in [1.54, 1.807) is 18.2 Å². The van der Waals surface area contributed by atoms with Crippen molar-refractivity contribution in [3.05, 3.63) is 37.4 Å². The molecule has 0 atom stereocenters. The van der Waals surface area contributed by atoms with E-state index >= 15 is 0 Å². The number of hydrogen-bond acceptors (Lipinski definition) is 2. The van der Waals surface area contributed by atoms with Gasteiger partial charge in [0.15, 0.2) is 0 Å². The molecular formula is C8H10NO2S. The minimum absolute atomic E-state index is 0.266. The van der Waals surface area contributed by atoms with Crippen LogP contribution in [-0.4, -0.2) is 19.8 Å². The maximum atomic E-state index is 11.4. The standard InChI is InChI=1S/C8H10NO2S/c1-9(2)12(10,11)8-6-4-3-5-7-8/h3-7H,1H2,2H3. The molecule has 0 fully saturated rings. The molecule has 0 spiro atoms. The first-order chi connectivity index (χ1) is 5.55. The number of nitrogens with zero attached hydrogens (tertiary/aromatic N) is 1. The van der Waals surface area contributed by atoms with Gasteiger partial charge in [-0.05, 0) is 12.1 Å². The minimum atomic E-state index is -3.35. The van der Waals surface area contributed by atoms with Crippen molar-refractivity contribution < 1.29 is 8.42 Å². The van der Waals surface area contributed by atoms with Gasteiger partial charge in [0.25, 0.3) is 0 Å². The highest BCUT2D eigenvalue weighted by Gasteiger charge is 2.15. The molecular weight excluding hydrogens is 174 g/mol. The third-order valence-corrected chi connectivity index (χ3v) is 3.14. The van der Waals surface area contributed by atoms with E-state index in [4.69, 9.17) is 0 Å². The Labute approximate surface area is 72.7 Å². The van der Waals surface area contributed by atoms with Crippen molar-refractivity contribution in [1.29, 1.82) is 0 Å². The monoisotopic (exact) mass is 184 g/mol. The molecule has 0 heterocycles. The van der Waals surface area contributed by atoms with E-state index in [0.29, 0.717) is 0 Å². The molecule has 0 unspecified atom stereocenters. The number of benzene rings is 1. The zero-order valence-electron chi connectivity index (χ0n) is 6.77. The molecule has 12 heavy (non-hydrogen) atoms. The average molecular weight is 184 g/mol. The first-order valence-electron chi connectivity index (χ1n) is 3.39. The summed E-state index contributed by atoms with van der Waals surface area (Å²) < 4.78 is 23.7. The fourth-order valence-electron chi connectivity index (χ4n) is 0.772. The van der Waals surface area contributed by atoms with Crippen molar-refractivity contribution in [3.63, 3.8) is 0 Å². The largest absolute Gasteiger partial charge is 0.242 e. The van der Waals surface area contributed by atoms with Crippen LogP contribution in [0, 0.1) is 7.05 Å². The number of hydrogen-bond donors (Lipinski definition) is 0. The second kappa shape index (κ2) is 3.25. The minimum Gasteiger partial charge on any atom is -0.207 e. The summed E-state index contributed by atoms with van der Waals surface area (Å²) in [5.74, 6) is 0. The SMILES string of the molecule is [CH2]N(C)S(=O)(=O)c1ccccc1. The van der Waals surface area contributed by atoms with Gasteiger partial charge in [0.2, 0.25) is 10.0 Å². The van der Waals surface area contributed by atoms with Gasteiger partial charge in [-0.1, -0.05) is 18.2 Å². The molecule has 0 aliphatic carbocycles. The third-order valence-electron chi connectivity index (χ3n) is 1.45. The maximum Gasteiger partial charge on any atom is 0.242 e. The van der Waals surface area contributed by atoms with Crippen molar-refractivity contribution in [3.8, 4) is 0 Å². The molecule has 0 aliphatic heterocycles. The smallest absolute Gasteiger partial charge is 0.207 e. The van der Waals surface area contributed by atoms with Crippen LogP contribution in [0.15, 0.2) is 35.2 Å². The lowest BCUT2D eigenvalue weighted by molar-refractivity contribution is 0.537. The van der Waals surface area contributed by atoms with Gasteiger partial charge in [0, 0.05) is 14.1 Å². The lowest BCUT2D eigenvalue weighted by Gasteiger charge is -2.09. The van der Waals surface area contributed by atoms with E-state index in [9.17, 15) is 8.42 Å². The molecule has 1 aromatic carbocycles. The fourth-order valence-corrected chi connectivity index (χ4v) is 1.63.